The van der Waals surface area contributed by atoms with Gasteiger partial charge in [-0.15, -0.1) is 0 Å². The van der Waals surface area contributed by atoms with E-state index < -0.39 is 61.8 Å². The SMILES string of the molecule is Cc1cc(-c2cnc3c(NCCC(F)(F)F)cc(C(=O)c4cccc(F)c4)nn23)ccc1C(=O)CC1CC1.Cc1cc(-c2cnc3c(NCCC(F)(F)F)cc(C(O)c4cccc(F)c4)nn23)ccc1C(=O)CC1CC1. The van der Waals surface area contributed by atoms with E-state index in [0.717, 1.165) is 42.9 Å². The van der Waals surface area contributed by atoms with Crippen LogP contribution in [0.25, 0.3) is 33.8 Å². The molecule has 0 amide bonds. The lowest BCUT2D eigenvalue weighted by molar-refractivity contribution is -0.132. The molecule has 4 aromatic heterocycles. The van der Waals surface area contributed by atoms with Crippen molar-refractivity contribution in [1.29, 1.82) is 0 Å². The molecule has 10 rings (SSSR count). The van der Waals surface area contributed by atoms with Crippen LogP contribution in [0.2, 0.25) is 0 Å². The van der Waals surface area contributed by atoms with E-state index in [1.54, 1.807) is 24.3 Å². The van der Waals surface area contributed by atoms with Crippen molar-refractivity contribution in [1.82, 2.24) is 29.2 Å². The molecule has 394 valence electrons. The predicted molar refractivity (Wildman–Crippen MR) is 268 cm³/mol. The largest absolute Gasteiger partial charge is 0.390 e. The number of anilines is 2. The highest BCUT2D eigenvalue weighted by Crippen LogP contribution is 2.37. The molecule has 2 fully saturated rings. The van der Waals surface area contributed by atoms with E-state index in [9.17, 15) is 54.6 Å². The number of aryl methyl sites for hydroxylation is 2. The fraction of sp³-hybridized carbons (Fsp3) is 0.304. The van der Waals surface area contributed by atoms with Crippen molar-refractivity contribution in [3.05, 3.63) is 166 Å². The third kappa shape index (κ3) is 12.8. The van der Waals surface area contributed by atoms with Gasteiger partial charge in [0.05, 0.1) is 53.7 Å². The zero-order valence-electron chi connectivity index (χ0n) is 41.1. The van der Waals surface area contributed by atoms with Crippen LogP contribution in [0.3, 0.4) is 0 Å². The number of halogens is 8. The first-order valence-electron chi connectivity index (χ1n) is 24.6. The average Bonchev–Trinajstić information content (AvgIpc) is 4.29. The summed E-state index contributed by atoms with van der Waals surface area (Å²) in [4.78, 5) is 47.2. The number of alkyl halides is 6. The predicted octanol–water partition coefficient (Wildman–Crippen LogP) is 12.7. The van der Waals surface area contributed by atoms with Crippen molar-refractivity contribution in [3.63, 3.8) is 0 Å². The molecule has 1 atom stereocenters. The minimum atomic E-state index is -4.37. The average molecular weight is 1050 g/mol. The molecule has 0 bridgehead atoms. The quantitative estimate of drug-likeness (QED) is 0.0558. The summed E-state index contributed by atoms with van der Waals surface area (Å²) in [7, 11) is 0. The first kappa shape index (κ1) is 53.0. The van der Waals surface area contributed by atoms with Gasteiger partial charge in [0.25, 0.3) is 0 Å². The molecule has 0 saturated heterocycles. The zero-order chi connectivity index (χ0) is 54.1. The molecule has 3 N–H and O–H groups in total. The third-order valence-corrected chi connectivity index (χ3v) is 13.2. The fourth-order valence-corrected chi connectivity index (χ4v) is 8.82. The summed E-state index contributed by atoms with van der Waals surface area (Å²) in [5.41, 5.74) is 6.46. The van der Waals surface area contributed by atoms with E-state index in [2.05, 4.69) is 30.8 Å². The molecular weight excluding hydrogens is 1000 g/mol. The molecule has 2 saturated carbocycles. The maximum absolute atomic E-state index is 13.8. The monoisotopic (exact) mass is 1050 g/mol. The number of Topliss-reactive ketones (excluding diaryl/α,β-unsaturated/α-hetero) is 2. The van der Waals surface area contributed by atoms with Crippen LogP contribution in [-0.2, 0) is 0 Å². The number of nitrogens with one attached hydrogen (secondary N) is 2. The molecule has 0 radical (unpaired) electrons. The van der Waals surface area contributed by atoms with E-state index in [1.807, 2.05) is 26.0 Å². The second-order valence-electron chi connectivity index (χ2n) is 19.3. The first-order valence-corrected chi connectivity index (χ1v) is 24.6. The van der Waals surface area contributed by atoms with Gasteiger partial charge in [0.1, 0.15) is 23.4 Å². The molecule has 4 heterocycles. The number of hydrogen-bond donors (Lipinski definition) is 3. The molecule has 0 spiro atoms. The molecule has 20 heteroatoms. The summed E-state index contributed by atoms with van der Waals surface area (Å²) in [5, 5.41) is 25.4. The van der Waals surface area contributed by atoms with Gasteiger partial charge < -0.3 is 15.7 Å². The molecule has 0 aliphatic heterocycles. The summed E-state index contributed by atoms with van der Waals surface area (Å²) in [6, 6.07) is 24.0. The summed E-state index contributed by atoms with van der Waals surface area (Å²) in [5.74, 6) is -0.618. The van der Waals surface area contributed by atoms with Gasteiger partial charge in [0.2, 0.25) is 5.78 Å². The van der Waals surface area contributed by atoms with Crippen molar-refractivity contribution in [2.45, 2.75) is 83.7 Å². The number of imidazole rings is 2. The van der Waals surface area contributed by atoms with Gasteiger partial charge in [0.15, 0.2) is 22.9 Å². The number of carbonyl (C=O) groups excluding carboxylic acids is 3. The van der Waals surface area contributed by atoms with E-state index in [0.29, 0.717) is 58.3 Å². The highest BCUT2D eigenvalue weighted by atomic mass is 19.4. The number of aliphatic hydroxyl groups is 1. The molecule has 76 heavy (non-hydrogen) atoms. The van der Waals surface area contributed by atoms with E-state index >= 15 is 0 Å². The van der Waals surface area contributed by atoms with Crippen LogP contribution >= 0.6 is 0 Å². The standard InChI is InChI=1S/C28H26F4N4O2.C28H24F4N4O2/c2*1-16-11-18(7-8-21(16)25(37)12-17-5-6-17)24-15-34-27-23(33-10-9-28(30,31)32)14-22(35-36(24)27)26(38)19-3-2-4-20(29)13-19/h2-4,7-8,11,13-15,17,26,33,38H,5-6,9-10,12H2,1H3;2-4,7-8,11,13-15,17,33H,5-6,9-10,12H2,1H3. The van der Waals surface area contributed by atoms with E-state index in [1.165, 1.54) is 76.0 Å². The normalized spacial score (nSPS) is 14.1. The Morgan fingerprint density at radius 2 is 1.12 bits per heavy atom. The Morgan fingerprint density at radius 3 is 1.59 bits per heavy atom. The van der Waals surface area contributed by atoms with Crippen LogP contribution in [0.4, 0.5) is 46.5 Å². The minimum absolute atomic E-state index is 0.0501. The topological polar surface area (TPSA) is 156 Å². The van der Waals surface area contributed by atoms with Gasteiger partial charge in [-0.2, -0.15) is 36.5 Å². The number of aromatic nitrogens is 6. The van der Waals surface area contributed by atoms with Crippen molar-refractivity contribution in [3.8, 4) is 22.5 Å². The fourth-order valence-electron chi connectivity index (χ4n) is 8.82. The molecule has 12 nitrogen and oxygen atoms in total. The number of ketones is 3. The van der Waals surface area contributed by atoms with Crippen LogP contribution in [-0.4, -0.2) is 77.1 Å². The lowest BCUT2D eigenvalue weighted by Gasteiger charge is -2.16. The van der Waals surface area contributed by atoms with Crippen LogP contribution < -0.4 is 10.6 Å². The zero-order valence-corrected chi connectivity index (χ0v) is 41.1. The first-order chi connectivity index (χ1) is 36.2. The van der Waals surface area contributed by atoms with Crippen molar-refractivity contribution >= 4 is 40.0 Å². The summed E-state index contributed by atoms with van der Waals surface area (Å²) in [6.45, 7) is 2.85. The van der Waals surface area contributed by atoms with Gasteiger partial charge >= 0.3 is 12.4 Å². The maximum Gasteiger partial charge on any atom is 0.390 e. The lowest BCUT2D eigenvalue weighted by atomic mass is 9.98. The Labute approximate surface area is 430 Å². The van der Waals surface area contributed by atoms with Crippen LogP contribution in [0.1, 0.15) is 117 Å². The summed E-state index contributed by atoms with van der Waals surface area (Å²) >= 11 is 0. The second-order valence-corrected chi connectivity index (χ2v) is 19.3. The highest BCUT2D eigenvalue weighted by molar-refractivity contribution is 6.08. The Balaban J connectivity index is 0.000000186. The number of fused-ring (bicyclic) bond motifs is 2. The van der Waals surface area contributed by atoms with Gasteiger partial charge in [-0.3, -0.25) is 14.4 Å². The summed E-state index contributed by atoms with van der Waals surface area (Å²) < 4.78 is 107. The Morgan fingerprint density at radius 1 is 0.632 bits per heavy atom. The third-order valence-electron chi connectivity index (χ3n) is 13.2. The second kappa shape index (κ2) is 21.8. The van der Waals surface area contributed by atoms with Crippen LogP contribution in [0, 0.1) is 37.3 Å². The number of carbonyl (C=O) groups is 3. The van der Waals surface area contributed by atoms with Gasteiger partial charge in [-0.05, 0) is 117 Å². The van der Waals surface area contributed by atoms with Crippen molar-refractivity contribution in [2.75, 3.05) is 23.7 Å². The molecule has 8 aromatic rings. The molecule has 2 aliphatic rings. The molecule has 4 aromatic carbocycles. The van der Waals surface area contributed by atoms with E-state index in [-0.39, 0.29) is 56.8 Å². The van der Waals surface area contributed by atoms with Crippen LogP contribution in [0.15, 0.2) is 109 Å². The smallest absolute Gasteiger partial charge is 0.382 e. The van der Waals surface area contributed by atoms with Crippen LogP contribution in [0.5, 0.6) is 0 Å². The number of aliphatic hydroxyl groups excluding tert-OH is 1. The lowest BCUT2D eigenvalue weighted by Crippen LogP contribution is -2.16. The number of benzene rings is 4. The number of hydrogen-bond acceptors (Lipinski definition) is 10. The minimum Gasteiger partial charge on any atom is -0.382 e. The summed E-state index contributed by atoms with van der Waals surface area (Å²) in [6.07, 6.45) is -3.78. The van der Waals surface area contributed by atoms with E-state index in [4.69, 9.17) is 0 Å². The number of rotatable bonds is 18. The van der Waals surface area contributed by atoms with Gasteiger partial charge in [0, 0.05) is 53.7 Å². The molecule has 2 aliphatic carbocycles. The Hall–Kier alpha value is -7.87. The molecular formula is C56H50F8N8O4. The maximum atomic E-state index is 13.8. The van der Waals surface area contributed by atoms with Crippen molar-refractivity contribution < 1.29 is 54.6 Å². The Kier molecular flexibility index (Phi) is 15.2. The van der Waals surface area contributed by atoms with Gasteiger partial charge in [-0.25, -0.2) is 27.8 Å². The van der Waals surface area contributed by atoms with Crippen molar-refractivity contribution in [2.24, 2.45) is 11.8 Å². The highest BCUT2D eigenvalue weighted by Gasteiger charge is 2.30. The van der Waals surface area contributed by atoms with Gasteiger partial charge in [-0.1, -0.05) is 48.5 Å². The molecule has 1 unspecified atom stereocenters. The Bertz CT molecular complexity index is 3490. The number of nitrogens with zero attached hydrogens (tertiary/aromatic N) is 6.